The zero-order chi connectivity index (χ0) is 12.4. The van der Waals surface area contributed by atoms with E-state index in [1.54, 1.807) is 0 Å². The Kier molecular flexibility index (Phi) is 79.6. The third-order valence-electron chi connectivity index (χ3n) is 1.49. The molecule has 0 aromatic heterocycles. The third-order valence-corrected chi connectivity index (χ3v) is 1.49. The quantitative estimate of drug-likeness (QED) is 0.490. The van der Waals surface area contributed by atoms with Gasteiger partial charge in [-0.25, -0.2) is 0 Å². The molecule has 0 N–H and O–H groups in total. The van der Waals surface area contributed by atoms with Crippen molar-refractivity contribution in [3.63, 3.8) is 0 Å². The van der Waals surface area contributed by atoms with Gasteiger partial charge < -0.3 is 15.3 Å². The Balaban J connectivity index is -0.0000000400. The second-order valence-electron chi connectivity index (χ2n) is 3.17. The van der Waals surface area contributed by atoms with Crippen molar-refractivity contribution in [3.8, 4) is 0 Å². The molecule has 0 unspecified atom stereocenters. The van der Waals surface area contributed by atoms with Crippen molar-refractivity contribution >= 4 is 37.7 Å². The Morgan fingerprint density at radius 3 is 0.765 bits per heavy atom. The minimum atomic E-state index is 0. The maximum Gasteiger partial charge on any atom is 2.00 e. The summed E-state index contributed by atoms with van der Waals surface area (Å²) in [6, 6.07) is 0. The summed E-state index contributed by atoms with van der Waals surface area (Å²) in [4.78, 5) is 0. The van der Waals surface area contributed by atoms with E-state index >= 15 is 0 Å². The predicted molar refractivity (Wildman–Crippen MR) is 65.1 cm³/mol. The molecule has 0 saturated carbocycles. The number of rotatable bonds is 6. The van der Waals surface area contributed by atoms with Gasteiger partial charge in [-0.15, -0.1) is 19.8 Å². The fraction of sp³-hybridized carbons (Fsp3) is 1.00. The largest absolute Gasteiger partial charge is 2.00 e. The molecule has 0 saturated heterocycles. The molecular weight excluding hydrogens is 255 g/mol. The van der Waals surface area contributed by atoms with E-state index in [1.165, 1.54) is 0 Å². The smallest absolute Gasteiger partial charge is 0.854 e. The fourth-order valence-corrected chi connectivity index (χ4v) is 0.433. The topological polar surface area (TPSA) is 69.2 Å². The van der Waals surface area contributed by atoms with Crippen LogP contribution in [0, 0.1) is 0 Å². The standard InChI is InChI=1S/3C4H9O.Ca.Na/c3*1-2-3-4-5;;/h3*2-4H2,1H3;;/q3*-1;+2;+1. The summed E-state index contributed by atoms with van der Waals surface area (Å²) in [6.07, 6.45) is 5.59. The predicted octanol–water partition coefficient (Wildman–Crippen LogP) is -2.94. The normalized spacial score (nSPS) is 7.41. The van der Waals surface area contributed by atoms with Crippen LogP contribution in [0.2, 0.25) is 0 Å². The van der Waals surface area contributed by atoms with E-state index in [4.69, 9.17) is 0 Å². The molecule has 0 aromatic rings. The van der Waals surface area contributed by atoms with Gasteiger partial charge in [0.15, 0.2) is 0 Å². The van der Waals surface area contributed by atoms with Crippen LogP contribution >= 0.6 is 0 Å². The molecule has 0 atom stereocenters. The average Bonchev–Trinajstić information content (AvgIpc) is 2.23. The first-order valence-corrected chi connectivity index (χ1v) is 5.99. The van der Waals surface area contributed by atoms with Gasteiger partial charge in [-0.3, -0.25) is 0 Å². The first kappa shape index (κ1) is 31.5. The van der Waals surface area contributed by atoms with Gasteiger partial charge in [0.25, 0.3) is 0 Å². The van der Waals surface area contributed by atoms with Crippen LogP contribution in [0.1, 0.15) is 59.3 Å². The van der Waals surface area contributed by atoms with E-state index in [0.717, 1.165) is 38.5 Å². The summed E-state index contributed by atoms with van der Waals surface area (Å²) in [6.45, 7) is 6.32. The molecule has 5 heteroatoms. The van der Waals surface area contributed by atoms with E-state index < -0.39 is 0 Å². The Morgan fingerprint density at radius 1 is 0.588 bits per heavy atom. The van der Waals surface area contributed by atoms with Crippen molar-refractivity contribution in [3.05, 3.63) is 0 Å². The van der Waals surface area contributed by atoms with Gasteiger partial charge in [0.1, 0.15) is 0 Å². The minimum absolute atomic E-state index is 0. The molecule has 0 rings (SSSR count). The summed E-state index contributed by atoms with van der Waals surface area (Å²) in [5.74, 6) is 0. The van der Waals surface area contributed by atoms with Crippen molar-refractivity contribution in [2.24, 2.45) is 0 Å². The molecule has 0 heterocycles. The molecule has 0 bridgehead atoms. The average molecular weight is 282 g/mol. The minimum Gasteiger partial charge on any atom is -0.854 e. The first-order valence-electron chi connectivity index (χ1n) is 5.99. The number of unbranched alkanes of at least 4 members (excludes halogenated alkanes) is 3. The molecule has 3 nitrogen and oxygen atoms in total. The van der Waals surface area contributed by atoms with Crippen molar-refractivity contribution in [2.75, 3.05) is 19.8 Å². The molecule has 0 radical (unpaired) electrons. The summed E-state index contributed by atoms with van der Waals surface area (Å²) in [5, 5.41) is 28.6. The maximum atomic E-state index is 9.53. The van der Waals surface area contributed by atoms with Crippen LogP contribution in [0.15, 0.2) is 0 Å². The summed E-state index contributed by atoms with van der Waals surface area (Å²) >= 11 is 0. The van der Waals surface area contributed by atoms with E-state index in [-0.39, 0.29) is 87.1 Å². The number of hydrogen-bond donors (Lipinski definition) is 0. The molecule has 0 spiro atoms. The van der Waals surface area contributed by atoms with E-state index in [1.807, 2.05) is 20.8 Å². The summed E-state index contributed by atoms with van der Waals surface area (Å²) < 4.78 is 0. The zero-order valence-electron chi connectivity index (χ0n) is 12.3. The van der Waals surface area contributed by atoms with Crippen LogP contribution in [-0.4, -0.2) is 57.6 Å². The molecule has 0 aliphatic heterocycles. The van der Waals surface area contributed by atoms with Crippen LogP contribution in [-0.2, 0) is 0 Å². The molecule has 96 valence electrons. The van der Waals surface area contributed by atoms with Crippen LogP contribution in [0.4, 0.5) is 0 Å². The molecular formula is C12H27CaNaO3. The SMILES string of the molecule is CCCC[O-].CCCC[O-].CCCC[O-].[Ca+2].[Na+]. The van der Waals surface area contributed by atoms with Crippen molar-refractivity contribution in [2.45, 2.75) is 59.3 Å². The van der Waals surface area contributed by atoms with Gasteiger partial charge in [0, 0.05) is 0 Å². The first-order chi connectivity index (χ1) is 7.24. The summed E-state index contributed by atoms with van der Waals surface area (Å²) in [7, 11) is 0. The van der Waals surface area contributed by atoms with Crippen LogP contribution < -0.4 is 44.9 Å². The van der Waals surface area contributed by atoms with Crippen molar-refractivity contribution in [1.82, 2.24) is 0 Å². The fourth-order valence-electron chi connectivity index (χ4n) is 0.433. The van der Waals surface area contributed by atoms with Crippen LogP contribution in [0.5, 0.6) is 0 Å². The van der Waals surface area contributed by atoms with Gasteiger partial charge in [-0.05, 0) is 0 Å². The van der Waals surface area contributed by atoms with Crippen LogP contribution in [0.3, 0.4) is 0 Å². The second kappa shape index (κ2) is 42.9. The van der Waals surface area contributed by atoms with E-state index in [2.05, 4.69) is 0 Å². The Labute approximate surface area is 160 Å². The second-order valence-corrected chi connectivity index (χ2v) is 3.17. The van der Waals surface area contributed by atoms with E-state index in [0.29, 0.717) is 0 Å². The molecule has 0 amide bonds. The zero-order valence-corrected chi connectivity index (χ0v) is 16.5. The third kappa shape index (κ3) is 71.3. The Morgan fingerprint density at radius 2 is 0.765 bits per heavy atom. The molecule has 0 fully saturated rings. The maximum absolute atomic E-state index is 9.53. The Hall–Kier alpha value is 2.14. The van der Waals surface area contributed by atoms with Crippen LogP contribution in [0.25, 0.3) is 0 Å². The van der Waals surface area contributed by atoms with Crippen molar-refractivity contribution in [1.29, 1.82) is 0 Å². The van der Waals surface area contributed by atoms with Gasteiger partial charge in [-0.2, -0.15) is 0 Å². The van der Waals surface area contributed by atoms with Crippen molar-refractivity contribution < 1.29 is 44.9 Å². The summed E-state index contributed by atoms with van der Waals surface area (Å²) in [5.41, 5.74) is 0. The monoisotopic (exact) mass is 282 g/mol. The van der Waals surface area contributed by atoms with Gasteiger partial charge in [0.2, 0.25) is 0 Å². The Bertz CT molecular complexity index is 58.5. The molecule has 0 aliphatic carbocycles. The number of hydrogen-bond acceptors (Lipinski definition) is 3. The molecule has 0 aromatic carbocycles. The van der Waals surface area contributed by atoms with E-state index in [9.17, 15) is 15.3 Å². The van der Waals surface area contributed by atoms with Gasteiger partial charge in [-0.1, -0.05) is 59.3 Å². The van der Waals surface area contributed by atoms with Gasteiger partial charge >= 0.3 is 67.3 Å². The van der Waals surface area contributed by atoms with Gasteiger partial charge in [0.05, 0.1) is 0 Å². The molecule has 0 aliphatic rings. The molecule has 17 heavy (non-hydrogen) atoms.